The minimum atomic E-state index is -4.37. The fourth-order valence-electron chi connectivity index (χ4n) is 2.44. The number of nitrogens with zero attached hydrogens (tertiary/aromatic N) is 2. The second-order valence-electron chi connectivity index (χ2n) is 7.36. The number of hydrogen-bond acceptors (Lipinski definition) is 4. The Hall–Kier alpha value is -2.68. The SMILES string of the molecule is CC(C)(C)c1cc(NC(=O)Cc2csc(-c3ccc(C(F)(F)F)cc3)n2)n[nH]1. The zero-order valence-corrected chi connectivity index (χ0v) is 16.3. The Morgan fingerprint density at radius 1 is 1.18 bits per heavy atom. The van der Waals surface area contributed by atoms with Crippen LogP contribution in [0.5, 0.6) is 0 Å². The summed E-state index contributed by atoms with van der Waals surface area (Å²) in [5.74, 6) is 0.171. The van der Waals surface area contributed by atoms with Gasteiger partial charge in [-0.05, 0) is 12.1 Å². The monoisotopic (exact) mass is 408 g/mol. The molecule has 2 aromatic heterocycles. The van der Waals surface area contributed by atoms with Gasteiger partial charge in [-0.15, -0.1) is 11.3 Å². The summed E-state index contributed by atoms with van der Waals surface area (Å²) in [6.07, 6.45) is -4.32. The van der Waals surface area contributed by atoms with Crippen molar-refractivity contribution in [2.75, 3.05) is 5.32 Å². The lowest BCUT2D eigenvalue weighted by Crippen LogP contribution is -2.15. The molecule has 5 nitrogen and oxygen atoms in total. The number of rotatable bonds is 4. The van der Waals surface area contributed by atoms with Crippen molar-refractivity contribution >= 4 is 23.1 Å². The van der Waals surface area contributed by atoms with Crippen molar-refractivity contribution in [2.24, 2.45) is 0 Å². The molecule has 0 bridgehead atoms. The van der Waals surface area contributed by atoms with Gasteiger partial charge in [0.25, 0.3) is 0 Å². The summed E-state index contributed by atoms with van der Waals surface area (Å²) in [5, 5.41) is 12.0. The Kier molecular flexibility index (Phi) is 5.29. The molecule has 0 unspecified atom stereocenters. The number of halogens is 3. The number of carbonyl (C=O) groups excluding carboxylic acids is 1. The van der Waals surface area contributed by atoms with Gasteiger partial charge in [-0.25, -0.2) is 4.98 Å². The highest BCUT2D eigenvalue weighted by molar-refractivity contribution is 7.13. The van der Waals surface area contributed by atoms with E-state index in [0.717, 1.165) is 17.8 Å². The Morgan fingerprint density at radius 2 is 1.86 bits per heavy atom. The van der Waals surface area contributed by atoms with E-state index in [4.69, 9.17) is 0 Å². The second kappa shape index (κ2) is 7.38. The van der Waals surface area contributed by atoms with E-state index in [1.54, 1.807) is 11.4 Å². The summed E-state index contributed by atoms with van der Waals surface area (Å²) in [4.78, 5) is 16.6. The van der Waals surface area contributed by atoms with Crippen LogP contribution in [0.1, 0.15) is 37.7 Å². The van der Waals surface area contributed by atoms with Crippen LogP contribution in [0.4, 0.5) is 19.0 Å². The van der Waals surface area contributed by atoms with Crippen LogP contribution in [0, 0.1) is 0 Å². The van der Waals surface area contributed by atoms with Crippen molar-refractivity contribution < 1.29 is 18.0 Å². The third kappa shape index (κ3) is 4.78. The van der Waals surface area contributed by atoms with Gasteiger partial charge in [-0.2, -0.15) is 18.3 Å². The minimum Gasteiger partial charge on any atom is -0.309 e. The summed E-state index contributed by atoms with van der Waals surface area (Å²) >= 11 is 1.28. The lowest BCUT2D eigenvalue weighted by atomic mass is 9.92. The first-order chi connectivity index (χ1) is 13.0. The highest BCUT2D eigenvalue weighted by atomic mass is 32.1. The molecular formula is C19H19F3N4OS. The number of alkyl halides is 3. The number of carbonyl (C=O) groups is 1. The summed E-state index contributed by atoms with van der Waals surface area (Å²) in [6, 6.07) is 6.58. The standard InChI is InChI=1S/C19H19F3N4OS/c1-18(2,3)14-9-15(26-25-14)24-16(27)8-13-10-28-17(23-13)11-4-6-12(7-5-11)19(20,21)22/h4-7,9-10H,8H2,1-3H3,(H2,24,25,26,27). The lowest BCUT2D eigenvalue weighted by molar-refractivity contribution is -0.137. The summed E-state index contributed by atoms with van der Waals surface area (Å²) in [7, 11) is 0. The van der Waals surface area contributed by atoms with E-state index in [9.17, 15) is 18.0 Å². The first-order valence-electron chi connectivity index (χ1n) is 8.50. The number of H-pyrrole nitrogens is 1. The number of hydrogen-bond donors (Lipinski definition) is 2. The van der Waals surface area contributed by atoms with Crippen molar-refractivity contribution in [2.45, 2.75) is 38.8 Å². The highest BCUT2D eigenvalue weighted by Gasteiger charge is 2.30. The number of aromatic amines is 1. The maximum Gasteiger partial charge on any atom is 0.416 e. The zero-order chi connectivity index (χ0) is 20.5. The first-order valence-corrected chi connectivity index (χ1v) is 9.38. The summed E-state index contributed by atoms with van der Waals surface area (Å²) in [5.41, 5.74) is 1.21. The molecule has 0 saturated heterocycles. The van der Waals surface area contributed by atoms with E-state index in [2.05, 4.69) is 20.5 Å². The van der Waals surface area contributed by atoms with Crippen LogP contribution in [-0.2, 0) is 22.8 Å². The fourth-order valence-corrected chi connectivity index (χ4v) is 3.27. The Labute approximate surface area is 164 Å². The van der Waals surface area contributed by atoms with Crippen LogP contribution in [0.3, 0.4) is 0 Å². The molecule has 1 amide bonds. The summed E-state index contributed by atoms with van der Waals surface area (Å²) < 4.78 is 38.0. The molecule has 148 valence electrons. The average Bonchev–Trinajstić information content (AvgIpc) is 3.23. The predicted molar refractivity (Wildman–Crippen MR) is 102 cm³/mol. The molecule has 0 saturated carbocycles. The second-order valence-corrected chi connectivity index (χ2v) is 8.22. The topological polar surface area (TPSA) is 70.7 Å². The molecule has 0 spiro atoms. The van der Waals surface area contributed by atoms with Crippen LogP contribution in [-0.4, -0.2) is 21.1 Å². The molecule has 0 aliphatic carbocycles. The molecule has 0 aliphatic heterocycles. The molecule has 9 heteroatoms. The Bertz CT molecular complexity index is 968. The maximum absolute atomic E-state index is 12.7. The molecule has 0 atom stereocenters. The zero-order valence-electron chi connectivity index (χ0n) is 15.5. The van der Waals surface area contributed by atoms with Gasteiger partial charge < -0.3 is 5.32 Å². The molecule has 2 N–H and O–H groups in total. The van der Waals surface area contributed by atoms with Gasteiger partial charge in [0.2, 0.25) is 5.91 Å². The number of thiazole rings is 1. The van der Waals surface area contributed by atoms with Gasteiger partial charge in [-0.3, -0.25) is 9.89 Å². The van der Waals surface area contributed by atoms with Crippen molar-refractivity contribution in [3.8, 4) is 10.6 Å². The molecule has 1 aromatic carbocycles. The van der Waals surface area contributed by atoms with Crippen LogP contribution in [0.25, 0.3) is 10.6 Å². The van der Waals surface area contributed by atoms with Crippen LogP contribution in [0.15, 0.2) is 35.7 Å². The molecule has 3 aromatic rings. The van der Waals surface area contributed by atoms with Gasteiger partial charge >= 0.3 is 6.18 Å². The predicted octanol–water partition coefficient (Wildman–Crippen LogP) is 5.03. The third-order valence-electron chi connectivity index (χ3n) is 4.01. The van der Waals surface area contributed by atoms with E-state index in [-0.39, 0.29) is 17.7 Å². The van der Waals surface area contributed by atoms with Crippen LogP contribution < -0.4 is 5.32 Å². The molecule has 0 fully saturated rings. The number of anilines is 1. The molecule has 3 rings (SSSR count). The van der Waals surface area contributed by atoms with Crippen LogP contribution in [0.2, 0.25) is 0 Å². The van der Waals surface area contributed by atoms with Gasteiger partial charge in [-0.1, -0.05) is 32.9 Å². The Morgan fingerprint density at radius 3 is 2.43 bits per heavy atom. The van der Waals surface area contributed by atoms with Crippen molar-refractivity contribution in [1.29, 1.82) is 0 Å². The van der Waals surface area contributed by atoms with E-state index in [0.29, 0.717) is 22.1 Å². The molecular weight excluding hydrogens is 389 g/mol. The average molecular weight is 408 g/mol. The third-order valence-corrected chi connectivity index (χ3v) is 4.95. The smallest absolute Gasteiger partial charge is 0.309 e. The molecule has 28 heavy (non-hydrogen) atoms. The van der Waals surface area contributed by atoms with Gasteiger partial charge in [0.15, 0.2) is 5.82 Å². The van der Waals surface area contributed by atoms with Gasteiger partial charge in [0.05, 0.1) is 17.7 Å². The lowest BCUT2D eigenvalue weighted by Gasteiger charge is -2.14. The van der Waals surface area contributed by atoms with E-state index in [1.807, 2.05) is 20.8 Å². The maximum atomic E-state index is 12.7. The van der Waals surface area contributed by atoms with E-state index < -0.39 is 11.7 Å². The number of amides is 1. The Balaban J connectivity index is 1.64. The summed E-state index contributed by atoms with van der Waals surface area (Å²) in [6.45, 7) is 6.10. The number of benzene rings is 1. The number of aromatic nitrogens is 3. The van der Waals surface area contributed by atoms with Crippen molar-refractivity contribution in [3.63, 3.8) is 0 Å². The highest BCUT2D eigenvalue weighted by Crippen LogP contribution is 2.31. The van der Waals surface area contributed by atoms with Crippen molar-refractivity contribution in [3.05, 3.63) is 52.7 Å². The van der Waals surface area contributed by atoms with Crippen LogP contribution >= 0.6 is 11.3 Å². The normalized spacial score (nSPS) is 12.2. The largest absolute Gasteiger partial charge is 0.416 e. The quantitative estimate of drug-likeness (QED) is 0.636. The van der Waals surface area contributed by atoms with Gasteiger partial charge in [0, 0.05) is 28.1 Å². The number of nitrogens with one attached hydrogen (secondary N) is 2. The van der Waals surface area contributed by atoms with Crippen molar-refractivity contribution in [1.82, 2.24) is 15.2 Å². The first kappa shape index (κ1) is 20.1. The van der Waals surface area contributed by atoms with E-state index >= 15 is 0 Å². The minimum absolute atomic E-state index is 0.0504. The molecule has 0 aliphatic rings. The fraction of sp³-hybridized carbons (Fsp3) is 0.316. The molecule has 0 radical (unpaired) electrons. The molecule has 2 heterocycles. The van der Waals surface area contributed by atoms with E-state index in [1.165, 1.54) is 23.5 Å². The van der Waals surface area contributed by atoms with Gasteiger partial charge in [0.1, 0.15) is 5.01 Å².